The van der Waals surface area contributed by atoms with Crippen LogP contribution in [0.15, 0.2) is 40.5 Å². The molecule has 2 fully saturated rings. The molecule has 1 saturated heterocycles. The van der Waals surface area contributed by atoms with Crippen LogP contribution in [0.3, 0.4) is 0 Å². The maximum absolute atomic E-state index is 12.6. The van der Waals surface area contributed by atoms with Gasteiger partial charge in [-0.2, -0.15) is 0 Å². The molecular formula is C17H18N2O4. The Morgan fingerprint density at radius 2 is 1.96 bits per heavy atom. The van der Waals surface area contributed by atoms with Crippen LogP contribution < -0.4 is 5.32 Å². The van der Waals surface area contributed by atoms with Gasteiger partial charge in [0.1, 0.15) is 11.3 Å². The lowest BCUT2D eigenvalue weighted by Crippen LogP contribution is -2.58. The Labute approximate surface area is 133 Å². The van der Waals surface area contributed by atoms with Crippen LogP contribution in [-0.2, 0) is 9.59 Å². The number of imide groups is 2. The molecule has 0 unspecified atom stereocenters. The predicted molar refractivity (Wildman–Crippen MR) is 83.1 cm³/mol. The first-order valence-corrected chi connectivity index (χ1v) is 7.77. The molecular weight excluding hydrogens is 296 g/mol. The number of urea groups is 1. The highest BCUT2D eigenvalue weighted by molar-refractivity contribution is 6.29. The number of nitrogens with one attached hydrogen (secondary N) is 1. The molecule has 1 aliphatic carbocycles. The Bertz CT molecular complexity index is 667. The molecule has 1 aliphatic heterocycles. The van der Waals surface area contributed by atoms with Crippen molar-refractivity contribution in [2.45, 2.75) is 38.1 Å². The molecule has 6 heteroatoms. The summed E-state index contributed by atoms with van der Waals surface area (Å²) in [7, 11) is 0. The van der Waals surface area contributed by atoms with Gasteiger partial charge in [-0.1, -0.05) is 25.3 Å². The smallest absolute Gasteiger partial charge is 0.331 e. The van der Waals surface area contributed by atoms with Gasteiger partial charge in [-0.25, -0.2) is 4.79 Å². The maximum Gasteiger partial charge on any atom is 0.331 e. The lowest BCUT2D eigenvalue weighted by molar-refractivity contribution is -0.132. The largest absolute Gasteiger partial charge is 0.465 e. The highest BCUT2D eigenvalue weighted by atomic mass is 16.3. The number of hydrogen-bond donors (Lipinski definition) is 1. The third kappa shape index (κ3) is 3.26. The van der Waals surface area contributed by atoms with E-state index in [0.717, 1.165) is 32.1 Å². The van der Waals surface area contributed by atoms with Crippen molar-refractivity contribution in [3.05, 3.63) is 41.9 Å². The van der Waals surface area contributed by atoms with Crippen LogP contribution in [0.25, 0.3) is 6.08 Å². The summed E-state index contributed by atoms with van der Waals surface area (Å²) in [5.74, 6) is -0.559. The average molecular weight is 314 g/mol. The van der Waals surface area contributed by atoms with Gasteiger partial charge in [0.05, 0.1) is 6.26 Å². The molecule has 0 radical (unpaired) electrons. The number of allylic oxidation sites excluding steroid dienone is 2. The van der Waals surface area contributed by atoms with Crippen molar-refractivity contribution < 1.29 is 18.8 Å². The van der Waals surface area contributed by atoms with Gasteiger partial charge >= 0.3 is 6.03 Å². The summed E-state index contributed by atoms with van der Waals surface area (Å²) in [6.07, 6.45) is 10.9. The van der Waals surface area contributed by atoms with Crippen molar-refractivity contribution in [2.24, 2.45) is 0 Å². The predicted octanol–water partition coefficient (Wildman–Crippen LogP) is 2.63. The molecule has 0 spiro atoms. The standard InChI is InChI=1S/C17H18N2O4/c20-15-14(10-4-8-13-9-5-11-23-13)16(21)19(17(22)18-15)12-6-2-1-3-7-12/h4-5,8-12H,1-3,6-7H2,(H,18,20,22)/b8-4+,14-10+. The Morgan fingerprint density at radius 3 is 2.65 bits per heavy atom. The number of hydrogen-bond acceptors (Lipinski definition) is 4. The molecule has 23 heavy (non-hydrogen) atoms. The van der Waals surface area contributed by atoms with E-state index in [4.69, 9.17) is 4.42 Å². The number of rotatable bonds is 3. The summed E-state index contributed by atoms with van der Waals surface area (Å²) < 4.78 is 5.14. The second-order valence-corrected chi connectivity index (χ2v) is 5.68. The van der Waals surface area contributed by atoms with E-state index in [1.54, 1.807) is 24.3 Å². The number of carbonyl (C=O) groups excluding carboxylic acids is 3. The molecule has 120 valence electrons. The van der Waals surface area contributed by atoms with Crippen LogP contribution in [0.2, 0.25) is 0 Å². The molecule has 1 aromatic heterocycles. The van der Waals surface area contributed by atoms with Crippen LogP contribution >= 0.6 is 0 Å². The Hall–Kier alpha value is -2.63. The summed E-state index contributed by atoms with van der Waals surface area (Å²) in [5, 5.41) is 2.25. The van der Waals surface area contributed by atoms with Crippen molar-refractivity contribution in [1.82, 2.24) is 10.2 Å². The second kappa shape index (κ2) is 6.64. The van der Waals surface area contributed by atoms with Gasteiger partial charge in [0.2, 0.25) is 0 Å². The summed E-state index contributed by atoms with van der Waals surface area (Å²) in [6, 6.07) is 2.77. The maximum atomic E-state index is 12.6. The fourth-order valence-corrected chi connectivity index (χ4v) is 2.99. The van der Waals surface area contributed by atoms with Gasteiger partial charge < -0.3 is 4.42 Å². The monoisotopic (exact) mass is 314 g/mol. The minimum absolute atomic E-state index is 0.0296. The second-order valence-electron chi connectivity index (χ2n) is 5.68. The lowest BCUT2D eigenvalue weighted by atomic mass is 9.93. The summed E-state index contributed by atoms with van der Waals surface area (Å²) in [5.41, 5.74) is -0.0296. The molecule has 0 bridgehead atoms. The molecule has 0 aromatic carbocycles. The molecule has 2 heterocycles. The van der Waals surface area contributed by atoms with Crippen LogP contribution in [-0.4, -0.2) is 28.8 Å². The quantitative estimate of drug-likeness (QED) is 0.687. The van der Waals surface area contributed by atoms with E-state index >= 15 is 0 Å². The SMILES string of the molecule is O=C1NC(=O)N(C2CCCCC2)C(=O)/C1=C/C=C/c1ccco1. The van der Waals surface area contributed by atoms with E-state index in [-0.39, 0.29) is 11.6 Å². The van der Waals surface area contributed by atoms with Crippen LogP contribution in [0.5, 0.6) is 0 Å². The highest BCUT2D eigenvalue weighted by Crippen LogP contribution is 2.25. The minimum atomic E-state index is -0.656. The molecule has 1 aromatic rings. The third-order valence-electron chi connectivity index (χ3n) is 4.14. The van der Waals surface area contributed by atoms with Gasteiger partial charge in [0, 0.05) is 6.04 Å². The molecule has 3 rings (SSSR count). The van der Waals surface area contributed by atoms with E-state index in [0.29, 0.717) is 5.76 Å². The topological polar surface area (TPSA) is 79.6 Å². The third-order valence-corrected chi connectivity index (χ3v) is 4.14. The Kier molecular flexibility index (Phi) is 4.41. The zero-order valence-electron chi connectivity index (χ0n) is 12.7. The van der Waals surface area contributed by atoms with Crippen LogP contribution in [0.4, 0.5) is 4.79 Å². The van der Waals surface area contributed by atoms with Crippen molar-refractivity contribution in [1.29, 1.82) is 0 Å². The van der Waals surface area contributed by atoms with Gasteiger partial charge in [0.15, 0.2) is 0 Å². The van der Waals surface area contributed by atoms with Crippen LogP contribution in [0.1, 0.15) is 37.9 Å². The number of barbiturate groups is 1. The van der Waals surface area contributed by atoms with Gasteiger partial charge in [0.25, 0.3) is 11.8 Å². The summed E-state index contributed by atoms with van der Waals surface area (Å²) in [6.45, 7) is 0. The van der Waals surface area contributed by atoms with E-state index in [9.17, 15) is 14.4 Å². The molecule has 1 N–H and O–H groups in total. The van der Waals surface area contributed by atoms with Gasteiger partial charge in [-0.15, -0.1) is 0 Å². The first-order valence-electron chi connectivity index (χ1n) is 7.77. The van der Waals surface area contributed by atoms with Crippen molar-refractivity contribution in [3.8, 4) is 0 Å². The normalized spacial score (nSPS) is 22.2. The average Bonchev–Trinajstić information content (AvgIpc) is 3.04. The summed E-state index contributed by atoms with van der Waals surface area (Å²) >= 11 is 0. The van der Waals surface area contributed by atoms with E-state index in [2.05, 4.69) is 5.32 Å². The fraction of sp³-hybridized carbons (Fsp3) is 0.353. The Balaban J connectivity index is 1.80. The summed E-state index contributed by atoms with van der Waals surface area (Å²) in [4.78, 5) is 37.7. The minimum Gasteiger partial charge on any atom is -0.465 e. The first-order chi connectivity index (χ1) is 11.2. The van der Waals surface area contributed by atoms with Gasteiger partial charge in [-0.3, -0.25) is 19.8 Å². The van der Waals surface area contributed by atoms with E-state index in [1.807, 2.05) is 0 Å². The lowest BCUT2D eigenvalue weighted by Gasteiger charge is -2.35. The van der Waals surface area contributed by atoms with Crippen molar-refractivity contribution in [2.75, 3.05) is 0 Å². The number of furan rings is 1. The van der Waals surface area contributed by atoms with Crippen LogP contribution in [0, 0.1) is 0 Å². The highest BCUT2D eigenvalue weighted by Gasteiger charge is 2.39. The number of nitrogens with zero attached hydrogens (tertiary/aromatic N) is 1. The molecule has 4 amide bonds. The Morgan fingerprint density at radius 1 is 1.17 bits per heavy atom. The zero-order chi connectivity index (χ0) is 16.2. The number of amides is 4. The number of carbonyl (C=O) groups is 3. The molecule has 6 nitrogen and oxygen atoms in total. The molecule has 1 saturated carbocycles. The molecule has 0 atom stereocenters. The van der Waals surface area contributed by atoms with E-state index in [1.165, 1.54) is 17.2 Å². The van der Waals surface area contributed by atoms with E-state index < -0.39 is 17.8 Å². The first kappa shape index (κ1) is 15.3. The van der Waals surface area contributed by atoms with Crippen molar-refractivity contribution >= 4 is 23.9 Å². The molecule has 2 aliphatic rings. The zero-order valence-corrected chi connectivity index (χ0v) is 12.7. The fourth-order valence-electron chi connectivity index (χ4n) is 2.99. The van der Waals surface area contributed by atoms with Crippen molar-refractivity contribution in [3.63, 3.8) is 0 Å². The van der Waals surface area contributed by atoms with Gasteiger partial charge in [-0.05, 0) is 37.1 Å².